The van der Waals surface area contributed by atoms with Crippen LogP contribution in [0.4, 0.5) is 4.39 Å². The van der Waals surface area contributed by atoms with Gasteiger partial charge in [0.25, 0.3) is 0 Å². The number of hydrogen-bond donors (Lipinski definition) is 1. The number of benzene rings is 1. The first-order valence-corrected chi connectivity index (χ1v) is 5.58. The Kier molecular flexibility index (Phi) is 4.23. The van der Waals surface area contributed by atoms with Gasteiger partial charge in [-0.2, -0.15) is 0 Å². The number of carbonyl (C=O) groups excluding carboxylic acids is 1. The zero-order valence-corrected chi connectivity index (χ0v) is 10.4. The van der Waals surface area contributed by atoms with Crippen molar-refractivity contribution < 1.29 is 13.9 Å². The molecule has 0 aliphatic rings. The van der Waals surface area contributed by atoms with Gasteiger partial charge < -0.3 is 10.5 Å². The van der Waals surface area contributed by atoms with Gasteiger partial charge in [0.05, 0.1) is 12.0 Å². The first-order chi connectivity index (χ1) is 7.91. The predicted octanol–water partition coefficient (Wildman–Crippen LogP) is 2.41. The van der Waals surface area contributed by atoms with Crippen LogP contribution in [0.25, 0.3) is 0 Å². The van der Waals surface area contributed by atoms with Gasteiger partial charge in [-0.1, -0.05) is 18.2 Å². The van der Waals surface area contributed by atoms with Crippen LogP contribution < -0.4 is 5.73 Å². The molecule has 0 fully saturated rings. The summed E-state index contributed by atoms with van der Waals surface area (Å²) in [6, 6.07) is 5.46. The van der Waals surface area contributed by atoms with E-state index in [0.29, 0.717) is 5.56 Å². The monoisotopic (exact) mass is 239 g/mol. The summed E-state index contributed by atoms with van der Waals surface area (Å²) in [4.78, 5) is 11.8. The molecule has 0 saturated heterocycles. The number of rotatable bonds is 4. The van der Waals surface area contributed by atoms with Crippen LogP contribution in [0.3, 0.4) is 0 Å². The molecule has 17 heavy (non-hydrogen) atoms. The molecule has 1 aromatic carbocycles. The molecule has 0 aliphatic carbocycles. The second kappa shape index (κ2) is 5.27. The molecule has 0 aromatic heterocycles. The number of ether oxygens (including phenoxy) is 1. The zero-order chi connectivity index (χ0) is 13.1. The highest BCUT2D eigenvalue weighted by Gasteiger charge is 2.37. The molecular formula is C13H18FNO2. The zero-order valence-electron chi connectivity index (χ0n) is 10.4. The number of esters is 1. The third-order valence-electron chi connectivity index (χ3n) is 2.82. The summed E-state index contributed by atoms with van der Waals surface area (Å²) in [5.41, 5.74) is 5.33. The fourth-order valence-corrected chi connectivity index (χ4v) is 1.56. The predicted molar refractivity (Wildman–Crippen MR) is 63.7 cm³/mol. The highest BCUT2D eigenvalue weighted by Crippen LogP contribution is 2.33. The molecular weight excluding hydrogens is 221 g/mol. The second-order valence-electron chi connectivity index (χ2n) is 4.44. The quantitative estimate of drug-likeness (QED) is 0.821. The second-order valence-corrected chi connectivity index (χ2v) is 4.44. The molecule has 2 N–H and O–H groups in total. The average molecular weight is 239 g/mol. The Morgan fingerprint density at radius 1 is 1.47 bits per heavy atom. The molecule has 1 atom stereocenters. The fourth-order valence-electron chi connectivity index (χ4n) is 1.56. The average Bonchev–Trinajstić information content (AvgIpc) is 2.29. The van der Waals surface area contributed by atoms with Crippen molar-refractivity contribution in [2.24, 2.45) is 11.1 Å². The van der Waals surface area contributed by atoms with Crippen molar-refractivity contribution in [1.29, 1.82) is 0 Å². The van der Waals surface area contributed by atoms with Crippen LogP contribution in [0.2, 0.25) is 0 Å². The van der Waals surface area contributed by atoms with E-state index in [-0.39, 0.29) is 6.61 Å². The summed E-state index contributed by atoms with van der Waals surface area (Å²) >= 11 is 0. The van der Waals surface area contributed by atoms with Crippen molar-refractivity contribution >= 4 is 5.97 Å². The molecule has 94 valence electrons. The summed E-state index contributed by atoms with van der Waals surface area (Å²) < 4.78 is 18.5. The van der Waals surface area contributed by atoms with Crippen molar-refractivity contribution in [2.45, 2.75) is 26.8 Å². The highest BCUT2D eigenvalue weighted by molar-refractivity contribution is 5.77. The van der Waals surface area contributed by atoms with Gasteiger partial charge in [-0.3, -0.25) is 4.79 Å². The molecule has 0 heterocycles. The smallest absolute Gasteiger partial charge is 0.313 e. The lowest BCUT2D eigenvalue weighted by atomic mass is 9.81. The molecule has 4 heteroatoms. The molecule has 1 rings (SSSR count). The molecule has 0 radical (unpaired) electrons. The van der Waals surface area contributed by atoms with Gasteiger partial charge in [-0.05, 0) is 26.8 Å². The van der Waals surface area contributed by atoms with Gasteiger partial charge >= 0.3 is 5.97 Å². The molecule has 0 unspecified atom stereocenters. The lowest BCUT2D eigenvalue weighted by Gasteiger charge is -2.29. The SMILES string of the molecule is CCOC(=O)C(C)(C)[C@H](N)c1ccccc1F. The van der Waals surface area contributed by atoms with Gasteiger partial charge in [0.15, 0.2) is 0 Å². The van der Waals surface area contributed by atoms with Crippen LogP contribution >= 0.6 is 0 Å². The molecule has 1 aromatic rings. The highest BCUT2D eigenvalue weighted by atomic mass is 19.1. The minimum absolute atomic E-state index is 0.284. The number of halogens is 1. The maximum atomic E-state index is 13.6. The van der Waals surface area contributed by atoms with E-state index in [1.54, 1.807) is 39.0 Å². The van der Waals surface area contributed by atoms with Crippen molar-refractivity contribution in [3.63, 3.8) is 0 Å². The lowest BCUT2D eigenvalue weighted by Crippen LogP contribution is -2.38. The molecule has 0 amide bonds. The lowest BCUT2D eigenvalue weighted by molar-refractivity contribution is -0.154. The standard InChI is InChI=1S/C13H18FNO2/c1-4-17-12(16)13(2,3)11(15)9-7-5-6-8-10(9)14/h5-8,11H,4,15H2,1-3H3/t11-/m1/s1. The van der Waals surface area contributed by atoms with E-state index in [2.05, 4.69) is 0 Å². The van der Waals surface area contributed by atoms with Crippen LogP contribution in [0.15, 0.2) is 24.3 Å². The topological polar surface area (TPSA) is 52.3 Å². The molecule has 0 aliphatic heterocycles. The van der Waals surface area contributed by atoms with Crippen LogP contribution in [0.5, 0.6) is 0 Å². The van der Waals surface area contributed by atoms with E-state index in [1.807, 2.05) is 0 Å². The van der Waals surface area contributed by atoms with Crippen LogP contribution in [0.1, 0.15) is 32.4 Å². The Bertz CT molecular complexity index is 404. The first kappa shape index (κ1) is 13.6. The van der Waals surface area contributed by atoms with Gasteiger partial charge in [-0.15, -0.1) is 0 Å². The minimum Gasteiger partial charge on any atom is -0.466 e. The summed E-state index contributed by atoms with van der Waals surface area (Å²) in [5, 5.41) is 0. The van der Waals surface area contributed by atoms with Gasteiger partial charge in [0.2, 0.25) is 0 Å². The Labute approximate surface area is 101 Å². The fraction of sp³-hybridized carbons (Fsp3) is 0.462. The normalized spacial score (nSPS) is 13.2. The maximum absolute atomic E-state index is 13.6. The summed E-state index contributed by atoms with van der Waals surface area (Å²) in [6.45, 7) is 5.32. The molecule has 0 spiro atoms. The molecule has 3 nitrogen and oxygen atoms in total. The number of nitrogens with two attached hydrogens (primary N) is 1. The molecule has 0 bridgehead atoms. The van der Waals surface area contributed by atoms with E-state index in [1.165, 1.54) is 6.07 Å². The Hall–Kier alpha value is -1.42. The van der Waals surface area contributed by atoms with E-state index < -0.39 is 23.2 Å². The number of carbonyl (C=O) groups is 1. The number of hydrogen-bond acceptors (Lipinski definition) is 3. The Morgan fingerprint density at radius 3 is 2.59 bits per heavy atom. The van der Waals surface area contributed by atoms with Crippen molar-refractivity contribution in [3.05, 3.63) is 35.6 Å². The largest absolute Gasteiger partial charge is 0.466 e. The van der Waals surface area contributed by atoms with E-state index in [9.17, 15) is 9.18 Å². The van der Waals surface area contributed by atoms with Crippen molar-refractivity contribution in [2.75, 3.05) is 6.61 Å². The summed E-state index contributed by atoms with van der Waals surface area (Å²) in [6.07, 6.45) is 0. The van der Waals surface area contributed by atoms with Crippen molar-refractivity contribution in [3.8, 4) is 0 Å². The third-order valence-corrected chi connectivity index (χ3v) is 2.82. The van der Waals surface area contributed by atoms with E-state index in [0.717, 1.165) is 0 Å². The molecule has 0 saturated carbocycles. The minimum atomic E-state index is -0.960. The third kappa shape index (κ3) is 2.82. The maximum Gasteiger partial charge on any atom is 0.313 e. The Morgan fingerprint density at radius 2 is 2.06 bits per heavy atom. The van der Waals surface area contributed by atoms with Crippen LogP contribution in [-0.2, 0) is 9.53 Å². The van der Waals surface area contributed by atoms with Crippen molar-refractivity contribution in [1.82, 2.24) is 0 Å². The van der Waals surface area contributed by atoms with Crippen LogP contribution in [0, 0.1) is 11.2 Å². The van der Waals surface area contributed by atoms with Crippen LogP contribution in [-0.4, -0.2) is 12.6 Å². The van der Waals surface area contributed by atoms with Gasteiger partial charge in [0.1, 0.15) is 5.82 Å². The van der Waals surface area contributed by atoms with E-state index in [4.69, 9.17) is 10.5 Å². The van der Waals surface area contributed by atoms with E-state index >= 15 is 0 Å². The summed E-state index contributed by atoms with van der Waals surface area (Å²) in [5.74, 6) is -0.826. The van der Waals surface area contributed by atoms with Gasteiger partial charge in [0, 0.05) is 11.6 Å². The first-order valence-electron chi connectivity index (χ1n) is 5.58. The Balaban J connectivity index is 3.00. The summed E-state index contributed by atoms with van der Waals surface area (Å²) in [7, 11) is 0. The van der Waals surface area contributed by atoms with Gasteiger partial charge in [-0.25, -0.2) is 4.39 Å².